The number of aromatic nitrogens is 2. The number of alkyl halides is 1. The third-order valence-electron chi connectivity index (χ3n) is 3.58. The zero-order chi connectivity index (χ0) is 14.8. The first-order valence-electron chi connectivity index (χ1n) is 7.06. The minimum atomic E-state index is 0.353. The van der Waals surface area contributed by atoms with Gasteiger partial charge in [-0.25, -0.2) is 4.98 Å². The SMILES string of the molecule is CCCc1ccccc1-n1c(CCl)nc2c(Cl)cccc21. The monoisotopic (exact) mass is 318 g/mol. The molecule has 2 nitrogen and oxygen atoms in total. The minimum Gasteiger partial charge on any atom is -0.295 e. The third kappa shape index (κ3) is 2.54. The molecule has 0 aliphatic heterocycles. The standard InChI is InChI=1S/C17H16Cl2N2/c1-2-6-12-7-3-4-9-14(12)21-15-10-5-8-13(19)17(15)20-16(21)11-18/h3-5,7-10H,2,6,11H2,1H3. The quantitative estimate of drug-likeness (QED) is 0.591. The van der Waals surface area contributed by atoms with Crippen LogP contribution in [-0.2, 0) is 12.3 Å². The van der Waals surface area contributed by atoms with Crippen molar-refractivity contribution in [1.82, 2.24) is 9.55 Å². The van der Waals surface area contributed by atoms with Crippen molar-refractivity contribution in [2.45, 2.75) is 25.6 Å². The first-order valence-corrected chi connectivity index (χ1v) is 7.97. The van der Waals surface area contributed by atoms with Gasteiger partial charge in [-0.2, -0.15) is 0 Å². The molecule has 0 spiro atoms. The van der Waals surface area contributed by atoms with E-state index in [0.717, 1.165) is 35.4 Å². The summed E-state index contributed by atoms with van der Waals surface area (Å²) in [7, 11) is 0. The van der Waals surface area contributed by atoms with Crippen molar-refractivity contribution < 1.29 is 0 Å². The van der Waals surface area contributed by atoms with Crippen LogP contribution in [0.1, 0.15) is 24.7 Å². The molecule has 0 N–H and O–H groups in total. The zero-order valence-corrected chi connectivity index (χ0v) is 13.3. The minimum absolute atomic E-state index is 0.353. The number of fused-ring (bicyclic) bond motifs is 1. The van der Waals surface area contributed by atoms with Gasteiger partial charge < -0.3 is 0 Å². The molecule has 0 saturated carbocycles. The van der Waals surface area contributed by atoms with E-state index in [1.54, 1.807) is 0 Å². The largest absolute Gasteiger partial charge is 0.295 e. The molecule has 0 saturated heterocycles. The second kappa shape index (κ2) is 6.08. The zero-order valence-electron chi connectivity index (χ0n) is 11.8. The van der Waals surface area contributed by atoms with Crippen molar-refractivity contribution in [1.29, 1.82) is 0 Å². The van der Waals surface area contributed by atoms with E-state index in [4.69, 9.17) is 23.2 Å². The van der Waals surface area contributed by atoms with E-state index in [-0.39, 0.29) is 0 Å². The van der Waals surface area contributed by atoms with Gasteiger partial charge in [0.05, 0.1) is 22.1 Å². The maximum absolute atomic E-state index is 6.27. The number of rotatable bonds is 4. The molecule has 0 aliphatic rings. The Morgan fingerprint density at radius 3 is 2.67 bits per heavy atom. The molecule has 1 heterocycles. The lowest BCUT2D eigenvalue weighted by Crippen LogP contribution is -2.03. The van der Waals surface area contributed by atoms with Gasteiger partial charge in [0.25, 0.3) is 0 Å². The van der Waals surface area contributed by atoms with Gasteiger partial charge in [0.15, 0.2) is 0 Å². The molecule has 0 unspecified atom stereocenters. The first-order chi connectivity index (χ1) is 10.3. The molecule has 3 aromatic rings. The van der Waals surface area contributed by atoms with Gasteiger partial charge in [-0.15, -0.1) is 11.6 Å². The Morgan fingerprint density at radius 2 is 1.90 bits per heavy atom. The Hall–Kier alpha value is -1.51. The van der Waals surface area contributed by atoms with Crippen LogP contribution in [-0.4, -0.2) is 9.55 Å². The van der Waals surface area contributed by atoms with Crippen molar-refractivity contribution in [3.8, 4) is 5.69 Å². The van der Waals surface area contributed by atoms with Crippen LogP contribution in [0.5, 0.6) is 0 Å². The average Bonchev–Trinajstić information content (AvgIpc) is 2.88. The van der Waals surface area contributed by atoms with E-state index in [2.05, 4.69) is 34.7 Å². The number of benzene rings is 2. The van der Waals surface area contributed by atoms with E-state index in [1.807, 2.05) is 24.3 Å². The van der Waals surface area contributed by atoms with Gasteiger partial charge in [-0.05, 0) is 30.2 Å². The lowest BCUT2D eigenvalue weighted by molar-refractivity contribution is 0.889. The Labute approximate surface area is 134 Å². The molecule has 4 heteroatoms. The Kier molecular flexibility index (Phi) is 4.18. The van der Waals surface area contributed by atoms with Crippen LogP contribution < -0.4 is 0 Å². The van der Waals surface area contributed by atoms with Crippen LogP contribution in [0.2, 0.25) is 5.02 Å². The molecule has 0 bridgehead atoms. The van der Waals surface area contributed by atoms with Crippen molar-refractivity contribution in [2.75, 3.05) is 0 Å². The third-order valence-corrected chi connectivity index (χ3v) is 4.12. The van der Waals surface area contributed by atoms with Crippen molar-refractivity contribution in [3.05, 3.63) is 58.9 Å². The van der Waals surface area contributed by atoms with Crippen LogP contribution in [0.25, 0.3) is 16.7 Å². The number of hydrogen-bond donors (Lipinski definition) is 0. The van der Waals surface area contributed by atoms with Gasteiger partial charge in [-0.1, -0.05) is 49.2 Å². The number of para-hydroxylation sites is 2. The summed E-state index contributed by atoms with van der Waals surface area (Å²) in [5.74, 6) is 1.18. The summed E-state index contributed by atoms with van der Waals surface area (Å²) in [6, 6.07) is 14.2. The van der Waals surface area contributed by atoms with Gasteiger partial charge in [0, 0.05) is 0 Å². The van der Waals surface area contributed by atoms with Crippen LogP contribution >= 0.6 is 23.2 Å². The highest BCUT2D eigenvalue weighted by atomic mass is 35.5. The van der Waals surface area contributed by atoms with E-state index in [1.165, 1.54) is 5.56 Å². The van der Waals surface area contributed by atoms with Gasteiger partial charge in [0.2, 0.25) is 0 Å². The van der Waals surface area contributed by atoms with Gasteiger partial charge in [0.1, 0.15) is 11.3 Å². The molecule has 2 aromatic carbocycles. The molecule has 3 rings (SSSR count). The highest BCUT2D eigenvalue weighted by Gasteiger charge is 2.15. The second-order valence-corrected chi connectivity index (χ2v) is 5.66. The van der Waals surface area contributed by atoms with E-state index < -0.39 is 0 Å². The van der Waals surface area contributed by atoms with Crippen LogP contribution in [0, 0.1) is 0 Å². The smallest absolute Gasteiger partial charge is 0.129 e. The molecule has 0 aliphatic carbocycles. The predicted molar refractivity (Wildman–Crippen MR) is 89.6 cm³/mol. The Morgan fingerprint density at radius 1 is 1.10 bits per heavy atom. The van der Waals surface area contributed by atoms with Crippen LogP contribution in [0.3, 0.4) is 0 Å². The predicted octanol–water partition coefficient (Wildman–Crippen LogP) is 5.37. The summed E-state index contributed by atoms with van der Waals surface area (Å²) < 4.78 is 2.12. The molecule has 21 heavy (non-hydrogen) atoms. The highest BCUT2D eigenvalue weighted by molar-refractivity contribution is 6.35. The molecule has 0 amide bonds. The summed E-state index contributed by atoms with van der Waals surface area (Å²) in [5.41, 5.74) is 4.24. The fraction of sp³-hybridized carbons (Fsp3) is 0.235. The van der Waals surface area contributed by atoms with Gasteiger partial charge in [-0.3, -0.25) is 4.57 Å². The normalized spacial score (nSPS) is 11.2. The van der Waals surface area contributed by atoms with Gasteiger partial charge >= 0.3 is 0 Å². The maximum Gasteiger partial charge on any atom is 0.129 e. The molecular weight excluding hydrogens is 303 g/mol. The van der Waals surface area contributed by atoms with Crippen molar-refractivity contribution in [3.63, 3.8) is 0 Å². The maximum atomic E-state index is 6.27. The lowest BCUT2D eigenvalue weighted by atomic mass is 10.1. The number of halogens is 2. The van der Waals surface area contributed by atoms with Crippen molar-refractivity contribution >= 4 is 34.2 Å². The first kappa shape index (κ1) is 14.4. The highest BCUT2D eigenvalue weighted by Crippen LogP contribution is 2.29. The number of aryl methyl sites for hydroxylation is 1. The second-order valence-electron chi connectivity index (χ2n) is 4.98. The fourth-order valence-corrected chi connectivity index (χ4v) is 3.07. The summed E-state index contributed by atoms with van der Waals surface area (Å²) in [6.07, 6.45) is 2.12. The fourth-order valence-electron chi connectivity index (χ4n) is 2.68. The number of hydrogen-bond acceptors (Lipinski definition) is 1. The summed E-state index contributed by atoms with van der Waals surface area (Å²) in [6.45, 7) is 2.18. The average molecular weight is 319 g/mol. The van der Waals surface area contributed by atoms with Crippen molar-refractivity contribution in [2.24, 2.45) is 0 Å². The van der Waals surface area contributed by atoms with Crippen LogP contribution in [0.15, 0.2) is 42.5 Å². The van der Waals surface area contributed by atoms with E-state index >= 15 is 0 Å². The molecule has 108 valence electrons. The summed E-state index contributed by atoms with van der Waals surface area (Å²) >= 11 is 12.4. The lowest BCUT2D eigenvalue weighted by Gasteiger charge is -2.13. The Balaban J connectivity index is 2.32. The summed E-state index contributed by atoms with van der Waals surface area (Å²) in [5, 5.41) is 0.658. The number of imidazole rings is 1. The topological polar surface area (TPSA) is 17.8 Å². The van der Waals surface area contributed by atoms with E-state index in [9.17, 15) is 0 Å². The van der Waals surface area contributed by atoms with Crippen LogP contribution in [0.4, 0.5) is 0 Å². The summed E-state index contributed by atoms with van der Waals surface area (Å²) in [4.78, 5) is 4.61. The van der Waals surface area contributed by atoms with E-state index in [0.29, 0.717) is 10.9 Å². The molecule has 0 fully saturated rings. The molecule has 0 atom stereocenters. The number of nitrogens with zero attached hydrogens (tertiary/aromatic N) is 2. The molecular formula is C17H16Cl2N2. The molecule has 0 radical (unpaired) electrons. The molecule has 1 aromatic heterocycles. The Bertz CT molecular complexity index is 778.